The van der Waals surface area contributed by atoms with Crippen molar-refractivity contribution in [3.05, 3.63) is 76.1 Å². The van der Waals surface area contributed by atoms with Gasteiger partial charge in [0.05, 0.1) is 39.7 Å². The van der Waals surface area contributed by atoms with Crippen molar-refractivity contribution in [2.75, 3.05) is 13.1 Å². The van der Waals surface area contributed by atoms with Crippen LogP contribution in [-0.4, -0.2) is 40.2 Å². The van der Waals surface area contributed by atoms with E-state index in [1.807, 2.05) is 31.2 Å². The maximum atomic E-state index is 12.8. The summed E-state index contributed by atoms with van der Waals surface area (Å²) in [7, 11) is 0. The number of hydrogen-bond acceptors (Lipinski definition) is 4. The second-order valence-corrected chi connectivity index (χ2v) is 8.28. The number of aromatic nitrogens is 2. The van der Waals surface area contributed by atoms with Crippen molar-refractivity contribution in [1.29, 1.82) is 0 Å². The van der Waals surface area contributed by atoms with Gasteiger partial charge in [-0.05, 0) is 37.3 Å². The first-order valence-electron chi connectivity index (χ1n) is 10.0. The average molecular weight is 469 g/mol. The van der Waals surface area contributed by atoms with Gasteiger partial charge >= 0.3 is 0 Å². The van der Waals surface area contributed by atoms with Crippen LogP contribution in [0.15, 0.2) is 54.1 Å². The maximum Gasteiger partial charge on any atom is 0.256 e. The molecule has 7 nitrogen and oxygen atoms in total. The van der Waals surface area contributed by atoms with Crippen LogP contribution in [0.5, 0.6) is 0 Å². The molecule has 164 valence electrons. The van der Waals surface area contributed by atoms with E-state index in [9.17, 15) is 4.79 Å². The van der Waals surface area contributed by atoms with Crippen LogP contribution in [0.4, 0.5) is 5.69 Å². The van der Waals surface area contributed by atoms with Gasteiger partial charge in [0.15, 0.2) is 0 Å². The lowest BCUT2D eigenvalue weighted by Crippen LogP contribution is -2.28. The molecule has 32 heavy (non-hydrogen) atoms. The lowest BCUT2D eigenvalue weighted by Gasteiger charge is -2.20. The summed E-state index contributed by atoms with van der Waals surface area (Å²) in [4.78, 5) is 26.6. The van der Waals surface area contributed by atoms with Crippen molar-refractivity contribution in [1.82, 2.24) is 20.2 Å². The Morgan fingerprint density at radius 2 is 2.03 bits per heavy atom. The molecule has 4 rings (SSSR count). The van der Waals surface area contributed by atoms with Crippen LogP contribution >= 0.6 is 23.2 Å². The molecule has 1 aliphatic heterocycles. The molecule has 0 radical (unpaired) electrons. The van der Waals surface area contributed by atoms with Gasteiger partial charge in [0.25, 0.3) is 5.91 Å². The minimum absolute atomic E-state index is 0.159. The van der Waals surface area contributed by atoms with Gasteiger partial charge in [-0.15, -0.1) is 0 Å². The summed E-state index contributed by atoms with van der Waals surface area (Å²) in [6, 6.07) is 8.62. The van der Waals surface area contributed by atoms with Crippen molar-refractivity contribution >= 4 is 57.9 Å². The number of rotatable bonds is 6. The van der Waals surface area contributed by atoms with E-state index in [0.717, 1.165) is 16.9 Å². The van der Waals surface area contributed by atoms with Gasteiger partial charge in [-0.25, -0.2) is 9.98 Å². The number of nitrogens with two attached hydrogens (primary N) is 1. The molecule has 0 bridgehead atoms. The molecule has 1 atom stereocenters. The number of benzene rings is 2. The summed E-state index contributed by atoms with van der Waals surface area (Å²) in [6.07, 6.45) is 5.06. The summed E-state index contributed by atoms with van der Waals surface area (Å²) < 4.78 is 0. The fraction of sp³-hybridized carbons (Fsp3) is 0.174. The van der Waals surface area contributed by atoms with E-state index in [4.69, 9.17) is 28.9 Å². The fourth-order valence-corrected chi connectivity index (χ4v) is 3.99. The molecule has 1 amide bonds. The van der Waals surface area contributed by atoms with Gasteiger partial charge in [0, 0.05) is 29.4 Å². The zero-order chi connectivity index (χ0) is 22.8. The monoisotopic (exact) mass is 468 g/mol. The van der Waals surface area contributed by atoms with Gasteiger partial charge in [0.2, 0.25) is 0 Å². The largest absolute Gasteiger partial charge is 0.390 e. The summed E-state index contributed by atoms with van der Waals surface area (Å²) >= 11 is 12.5. The van der Waals surface area contributed by atoms with Crippen LogP contribution in [0.1, 0.15) is 34.7 Å². The third kappa shape index (κ3) is 4.35. The highest BCUT2D eigenvalue weighted by molar-refractivity contribution is 6.34. The topological polar surface area (TPSA) is 99.4 Å². The Hall–Kier alpha value is -3.29. The summed E-state index contributed by atoms with van der Waals surface area (Å²) in [5.41, 5.74) is 9.30. The van der Waals surface area contributed by atoms with Gasteiger partial charge in [0.1, 0.15) is 5.82 Å². The molecule has 0 fully saturated rings. The third-order valence-electron chi connectivity index (χ3n) is 5.22. The van der Waals surface area contributed by atoms with Crippen LogP contribution in [0.3, 0.4) is 0 Å². The lowest BCUT2D eigenvalue weighted by molar-refractivity contribution is 0.0800. The van der Waals surface area contributed by atoms with E-state index in [-0.39, 0.29) is 11.9 Å². The van der Waals surface area contributed by atoms with Crippen LogP contribution in [-0.2, 0) is 0 Å². The van der Waals surface area contributed by atoms with Gasteiger partial charge < -0.3 is 20.9 Å². The van der Waals surface area contributed by atoms with Crippen molar-refractivity contribution in [2.24, 2.45) is 10.7 Å². The highest BCUT2D eigenvalue weighted by atomic mass is 35.5. The Labute approximate surface area is 195 Å². The lowest BCUT2D eigenvalue weighted by atomic mass is 10.0. The molecular formula is C23H22Cl2N6O. The number of halogens is 2. The highest BCUT2D eigenvalue weighted by Crippen LogP contribution is 2.33. The van der Waals surface area contributed by atoms with Crippen molar-refractivity contribution < 1.29 is 4.79 Å². The number of H-pyrrole nitrogens is 1. The number of aliphatic imine (C=N–C) groups is 1. The summed E-state index contributed by atoms with van der Waals surface area (Å²) in [6.45, 7) is 7.21. The first-order valence-corrected chi connectivity index (χ1v) is 10.8. The van der Waals surface area contributed by atoms with Gasteiger partial charge in [-0.3, -0.25) is 4.79 Å². The zero-order valence-electron chi connectivity index (χ0n) is 17.4. The van der Waals surface area contributed by atoms with Crippen molar-refractivity contribution in [3.63, 3.8) is 0 Å². The average Bonchev–Trinajstić information content (AvgIpc) is 3.44. The quantitative estimate of drug-likeness (QED) is 0.274. The fourth-order valence-electron chi connectivity index (χ4n) is 3.58. The molecule has 0 unspecified atom stereocenters. The van der Waals surface area contributed by atoms with Crippen LogP contribution in [0, 0.1) is 0 Å². The Bertz CT molecular complexity index is 1250. The first kappa shape index (κ1) is 21.9. The minimum atomic E-state index is -0.195. The SMILES string of the molecule is C=C(N[C@@H](C)c1nc2cc(Cl)ccc2[nH]1)c1cc(Cl)c(C(=O)N2CC=CC2)cc1/N=C\N. The molecule has 0 aliphatic carbocycles. The smallest absolute Gasteiger partial charge is 0.256 e. The minimum Gasteiger partial charge on any atom is -0.390 e. The number of nitrogens with zero attached hydrogens (tertiary/aromatic N) is 3. The van der Waals surface area contributed by atoms with Gasteiger partial charge in [-0.2, -0.15) is 0 Å². The van der Waals surface area contributed by atoms with E-state index in [1.165, 1.54) is 6.34 Å². The predicted molar refractivity (Wildman–Crippen MR) is 131 cm³/mol. The summed E-state index contributed by atoms with van der Waals surface area (Å²) in [5.74, 6) is 0.569. The first-order chi connectivity index (χ1) is 15.4. The van der Waals surface area contributed by atoms with E-state index < -0.39 is 0 Å². The Morgan fingerprint density at radius 3 is 2.75 bits per heavy atom. The second kappa shape index (κ2) is 9.06. The highest BCUT2D eigenvalue weighted by Gasteiger charge is 2.22. The summed E-state index contributed by atoms with van der Waals surface area (Å²) in [5, 5.41) is 4.26. The van der Waals surface area contributed by atoms with Gasteiger partial charge in [-0.1, -0.05) is 41.9 Å². The van der Waals surface area contributed by atoms with E-state index in [1.54, 1.807) is 23.1 Å². The van der Waals surface area contributed by atoms with E-state index >= 15 is 0 Å². The molecule has 2 heterocycles. The number of aromatic amines is 1. The molecule has 0 saturated carbocycles. The number of nitrogens with one attached hydrogen (secondary N) is 2. The molecular weight excluding hydrogens is 447 g/mol. The molecule has 0 spiro atoms. The number of hydrogen-bond donors (Lipinski definition) is 3. The molecule has 1 aliphatic rings. The standard InChI is InChI=1S/C23H22Cl2N6O/c1-13(28-14(2)22-29-19-6-5-15(24)9-21(19)30-22)16-10-18(25)17(11-20(16)27-12-26)23(32)31-7-3-4-8-31/h3-6,9-12,14,28H,1,7-8H2,2H3,(H2,26,27)(H,29,30)/t14-/m0/s1. The van der Waals surface area contributed by atoms with E-state index in [2.05, 4.69) is 26.9 Å². The normalized spacial score (nSPS) is 14.4. The maximum absolute atomic E-state index is 12.8. The number of imidazole rings is 1. The third-order valence-corrected chi connectivity index (χ3v) is 5.77. The number of fused-ring (bicyclic) bond motifs is 1. The Kier molecular flexibility index (Phi) is 6.21. The second-order valence-electron chi connectivity index (χ2n) is 7.44. The number of carbonyl (C=O) groups excluding carboxylic acids is 1. The number of carbonyl (C=O) groups is 1. The molecule has 3 aromatic rings. The zero-order valence-corrected chi connectivity index (χ0v) is 18.9. The molecule has 0 saturated heterocycles. The Morgan fingerprint density at radius 1 is 1.28 bits per heavy atom. The predicted octanol–water partition coefficient (Wildman–Crippen LogP) is 4.82. The Balaban J connectivity index is 1.60. The van der Waals surface area contributed by atoms with Crippen molar-refractivity contribution in [3.8, 4) is 0 Å². The number of amides is 1. The van der Waals surface area contributed by atoms with Crippen LogP contribution in [0.2, 0.25) is 10.0 Å². The van der Waals surface area contributed by atoms with Crippen LogP contribution < -0.4 is 11.1 Å². The molecule has 1 aromatic heterocycles. The van der Waals surface area contributed by atoms with E-state index in [0.29, 0.717) is 45.6 Å². The van der Waals surface area contributed by atoms with Crippen LogP contribution in [0.25, 0.3) is 16.7 Å². The van der Waals surface area contributed by atoms with Crippen molar-refractivity contribution in [2.45, 2.75) is 13.0 Å². The molecule has 9 heteroatoms. The molecule has 4 N–H and O–H groups in total. The molecule has 2 aromatic carbocycles.